The van der Waals surface area contributed by atoms with Crippen molar-refractivity contribution in [3.05, 3.63) is 35.4 Å². The monoisotopic (exact) mass is 440 g/mol. The average molecular weight is 440 g/mol. The quantitative estimate of drug-likeness (QED) is 0.258. The molecule has 0 radical (unpaired) electrons. The Kier molecular flexibility index (Phi) is 10.4. The number of aliphatic imine (C=N–C) groups is 1. The second-order valence-corrected chi connectivity index (χ2v) is 6.69. The Bertz CT molecular complexity index is 576. The molecule has 0 aliphatic carbocycles. The highest BCUT2D eigenvalue weighted by Gasteiger charge is 2.00. The van der Waals surface area contributed by atoms with Crippen LogP contribution in [0.5, 0.6) is 0 Å². The SMILES string of the molecule is CN=C(NCCCNS(C)(=O)=O)NCc1cccc(C)c1.I. The van der Waals surface area contributed by atoms with Crippen LogP contribution in [0.15, 0.2) is 29.3 Å². The first-order valence-electron chi connectivity index (χ1n) is 6.85. The highest BCUT2D eigenvalue weighted by atomic mass is 127. The smallest absolute Gasteiger partial charge is 0.208 e. The Balaban J connectivity index is 0.00000441. The minimum absolute atomic E-state index is 0. The lowest BCUT2D eigenvalue weighted by Gasteiger charge is -2.12. The molecule has 0 saturated heterocycles. The maximum Gasteiger partial charge on any atom is 0.208 e. The molecule has 8 heteroatoms. The molecule has 0 atom stereocenters. The van der Waals surface area contributed by atoms with Crippen molar-refractivity contribution in [3.8, 4) is 0 Å². The molecule has 0 aliphatic rings. The van der Waals surface area contributed by atoms with Crippen LogP contribution < -0.4 is 15.4 Å². The molecule has 1 rings (SSSR count). The fourth-order valence-corrected chi connectivity index (χ4v) is 2.30. The molecule has 126 valence electrons. The Labute approximate surface area is 150 Å². The number of halogens is 1. The zero-order valence-corrected chi connectivity index (χ0v) is 16.4. The van der Waals surface area contributed by atoms with Crippen LogP contribution in [0.2, 0.25) is 0 Å². The van der Waals surface area contributed by atoms with Crippen molar-refractivity contribution >= 4 is 40.0 Å². The predicted octanol–water partition coefficient (Wildman–Crippen LogP) is 1.22. The van der Waals surface area contributed by atoms with Crippen LogP contribution in [0.1, 0.15) is 17.5 Å². The first-order chi connectivity index (χ1) is 9.90. The highest BCUT2D eigenvalue weighted by molar-refractivity contribution is 14.0. The number of hydrogen-bond acceptors (Lipinski definition) is 3. The van der Waals surface area contributed by atoms with E-state index in [0.29, 0.717) is 32.0 Å². The summed E-state index contributed by atoms with van der Waals surface area (Å²) in [5.74, 6) is 0.705. The second-order valence-electron chi connectivity index (χ2n) is 4.86. The number of sulfonamides is 1. The molecule has 0 fully saturated rings. The van der Waals surface area contributed by atoms with Gasteiger partial charge in [-0.05, 0) is 18.9 Å². The number of aryl methyl sites for hydroxylation is 1. The van der Waals surface area contributed by atoms with Gasteiger partial charge in [0.2, 0.25) is 10.0 Å². The summed E-state index contributed by atoms with van der Waals surface area (Å²) in [5.41, 5.74) is 2.42. The van der Waals surface area contributed by atoms with Crippen molar-refractivity contribution < 1.29 is 8.42 Å². The van der Waals surface area contributed by atoms with E-state index in [2.05, 4.69) is 45.5 Å². The van der Waals surface area contributed by atoms with E-state index in [9.17, 15) is 8.42 Å². The largest absolute Gasteiger partial charge is 0.356 e. The first-order valence-corrected chi connectivity index (χ1v) is 8.74. The van der Waals surface area contributed by atoms with Crippen molar-refractivity contribution in [2.45, 2.75) is 19.9 Å². The summed E-state index contributed by atoms with van der Waals surface area (Å²) >= 11 is 0. The van der Waals surface area contributed by atoms with Crippen LogP contribution >= 0.6 is 24.0 Å². The van der Waals surface area contributed by atoms with Crippen LogP contribution in [-0.4, -0.2) is 40.8 Å². The van der Waals surface area contributed by atoms with Crippen LogP contribution in [-0.2, 0) is 16.6 Å². The minimum Gasteiger partial charge on any atom is -0.356 e. The summed E-state index contributed by atoms with van der Waals surface area (Å²) in [6.07, 6.45) is 1.85. The Hall–Kier alpha value is -0.870. The zero-order valence-electron chi connectivity index (χ0n) is 13.2. The van der Waals surface area contributed by atoms with Crippen LogP contribution in [0.3, 0.4) is 0 Å². The van der Waals surface area contributed by atoms with E-state index in [4.69, 9.17) is 0 Å². The highest BCUT2D eigenvalue weighted by Crippen LogP contribution is 2.02. The van der Waals surface area contributed by atoms with Gasteiger partial charge < -0.3 is 10.6 Å². The topological polar surface area (TPSA) is 82.6 Å². The van der Waals surface area contributed by atoms with Crippen LogP contribution in [0.25, 0.3) is 0 Å². The zero-order chi connectivity index (χ0) is 15.7. The fourth-order valence-electron chi connectivity index (χ4n) is 1.78. The Morgan fingerprint density at radius 2 is 1.95 bits per heavy atom. The molecule has 3 N–H and O–H groups in total. The fraction of sp³-hybridized carbons (Fsp3) is 0.500. The van der Waals surface area contributed by atoms with E-state index in [1.807, 2.05) is 6.07 Å². The van der Waals surface area contributed by atoms with Gasteiger partial charge in [-0.1, -0.05) is 29.8 Å². The summed E-state index contributed by atoms with van der Waals surface area (Å²) in [5, 5.41) is 6.36. The number of benzene rings is 1. The van der Waals surface area contributed by atoms with Crippen LogP contribution in [0.4, 0.5) is 0 Å². The normalized spacial score (nSPS) is 11.7. The average Bonchev–Trinajstić information content (AvgIpc) is 2.40. The molecule has 0 aliphatic heterocycles. The molecule has 6 nitrogen and oxygen atoms in total. The number of nitrogens with zero attached hydrogens (tertiary/aromatic N) is 1. The lowest BCUT2D eigenvalue weighted by atomic mass is 10.1. The van der Waals surface area contributed by atoms with Gasteiger partial charge in [0.05, 0.1) is 6.26 Å². The van der Waals surface area contributed by atoms with E-state index in [1.165, 1.54) is 11.1 Å². The van der Waals surface area contributed by atoms with Crippen LogP contribution in [0, 0.1) is 6.92 Å². The van der Waals surface area contributed by atoms with Gasteiger partial charge in [0.15, 0.2) is 5.96 Å². The molecule has 0 saturated carbocycles. The molecule has 0 spiro atoms. The third kappa shape index (κ3) is 9.96. The van der Waals surface area contributed by atoms with E-state index in [0.717, 1.165) is 6.26 Å². The molecule has 0 heterocycles. The van der Waals surface area contributed by atoms with E-state index >= 15 is 0 Å². The van der Waals surface area contributed by atoms with Gasteiger partial charge in [-0.2, -0.15) is 0 Å². The van der Waals surface area contributed by atoms with Gasteiger partial charge in [-0.25, -0.2) is 13.1 Å². The Morgan fingerprint density at radius 3 is 2.55 bits per heavy atom. The van der Waals surface area contributed by atoms with Gasteiger partial charge in [0.25, 0.3) is 0 Å². The van der Waals surface area contributed by atoms with Gasteiger partial charge in [0, 0.05) is 26.7 Å². The van der Waals surface area contributed by atoms with E-state index < -0.39 is 10.0 Å². The predicted molar refractivity (Wildman–Crippen MR) is 102 cm³/mol. The Morgan fingerprint density at radius 1 is 1.23 bits per heavy atom. The summed E-state index contributed by atoms with van der Waals surface area (Å²) in [6, 6.07) is 8.27. The van der Waals surface area contributed by atoms with E-state index in [-0.39, 0.29) is 24.0 Å². The van der Waals surface area contributed by atoms with Gasteiger partial charge >= 0.3 is 0 Å². The van der Waals surface area contributed by atoms with Crippen molar-refractivity contribution in [2.75, 3.05) is 26.4 Å². The third-order valence-corrected chi connectivity index (χ3v) is 3.50. The molecule has 1 aromatic rings. The third-order valence-electron chi connectivity index (χ3n) is 2.78. The maximum atomic E-state index is 10.9. The molecule has 1 aromatic carbocycles. The summed E-state index contributed by atoms with van der Waals surface area (Å²) < 4.78 is 24.3. The number of hydrogen-bond donors (Lipinski definition) is 3. The molecule has 0 amide bonds. The van der Waals surface area contributed by atoms with Crippen molar-refractivity contribution in [1.29, 1.82) is 0 Å². The van der Waals surface area contributed by atoms with Crippen molar-refractivity contribution in [3.63, 3.8) is 0 Å². The molecule has 0 aromatic heterocycles. The summed E-state index contributed by atoms with van der Waals surface area (Å²) in [4.78, 5) is 4.13. The van der Waals surface area contributed by atoms with Gasteiger partial charge in [-0.3, -0.25) is 4.99 Å². The lowest BCUT2D eigenvalue weighted by molar-refractivity contribution is 0.584. The van der Waals surface area contributed by atoms with E-state index in [1.54, 1.807) is 7.05 Å². The van der Waals surface area contributed by atoms with Crippen molar-refractivity contribution in [2.24, 2.45) is 4.99 Å². The molecular weight excluding hydrogens is 415 g/mol. The van der Waals surface area contributed by atoms with Gasteiger partial charge in [0.1, 0.15) is 0 Å². The first kappa shape index (κ1) is 21.1. The number of nitrogens with one attached hydrogen (secondary N) is 3. The second kappa shape index (κ2) is 10.8. The number of guanidine groups is 1. The molecule has 0 bridgehead atoms. The summed E-state index contributed by atoms with van der Waals surface area (Å²) in [6.45, 7) is 3.82. The molecular formula is C14H25IN4O2S. The lowest BCUT2D eigenvalue weighted by Crippen LogP contribution is -2.38. The van der Waals surface area contributed by atoms with Gasteiger partial charge in [-0.15, -0.1) is 24.0 Å². The minimum atomic E-state index is -3.10. The summed E-state index contributed by atoms with van der Waals surface area (Å²) in [7, 11) is -1.40. The molecule has 0 unspecified atom stereocenters. The molecule has 22 heavy (non-hydrogen) atoms. The standard InChI is InChI=1S/C14H24N4O2S.HI/c1-12-6-4-7-13(10-12)11-17-14(15-2)16-8-5-9-18-21(3,19)20;/h4,6-7,10,18H,5,8-9,11H2,1-3H3,(H2,15,16,17);1H. The maximum absolute atomic E-state index is 10.9. The number of rotatable bonds is 7. The van der Waals surface area contributed by atoms with Crippen molar-refractivity contribution in [1.82, 2.24) is 15.4 Å².